The largest absolute Gasteiger partial charge is 1.00 e. The fourth-order valence-corrected chi connectivity index (χ4v) is 0.714. The minimum Gasteiger partial charge on any atom is -0.353 e. The molecule has 0 unspecified atom stereocenters. The third kappa shape index (κ3) is 3.49. The summed E-state index contributed by atoms with van der Waals surface area (Å²) < 4.78 is 16.9. The zero-order valence-corrected chi connectivity index (χ0v) is 6.15. The Labute approximate surface area is 73.4 Å². The zero-order chi connectivity index (χ0) is 6.69. The Kier molecular flexibility index (Phi) is 4.91. The van der Waals surface area contributed by atoms with Crippen LogP contribution in [-0.2, 0) is 9.47 Å². The van der Waals surface area contributed by atoms with Crippen molar-refractivity contribution in [1.82, 2.24) is 0 Å². The Balaban J connectivity index is 0.000000810. The maximum absolute atomic E-state index is 6.86. The van der Waals surface area contributed by atoms with Gasteiger partial charge >= 0.3 is 18.9 Å². The average molecular weight is 144 g/mol. The van der Waals surface area contributed by atoms with Crippen LogP contribution in [0.2, 0.25) is 0 Å². The minimum absolute atomic E-state index is 0. The van der Waals surface area contributed by atoms with E-state index in [1.54, 1.807) is 0 Å². The van der Waals surface area contributed by atoms with E-state index in [1.807, 2.05) is 0 Å². The smallest absolute Gasteiger partial charge is 0.353 e. The molecule has 0 amide bonds. The summed E-state index contributed by atoms with van der Waals surface area (Å²) in [7, 11) is 0. The third-order valence-corrected chi connectivity index (χ3v) is 1.09. The van der Waals surface area contributed by atoms with Gasteiger partial charge in [-0.15, -0.1) is 6.42 Å². The van der Waals surface area contributed by atoms with Crippen LogP contribution in [0, 0.1) is 5.86 Å². The summed E-state index contributed by atoms with van der Waals surface area (Å²) >= 11 is 5.28. The molecule has 0 bridgehead atoms. The molecule has 1 rings (SSSR count). The van der Waals surface area contributed by atoms with Crippen molar-refractivity contribution in [3.8, 4) is 0 Å². The maximum atomic E-state index is 6.86. The monoisotopic (exact) mass is 143 g/mol. The van der Waals surface area contributed by atoms with Gasteiger partial charge in [-0.1, -0.05) is 0 Å². The first-order valence-electron chi connectivity index (χ1n) is 3.00. The Bertz CT molecular complexity index is 87.7. The summed E-state index contributed by atoms with van der Waals surface area (Å²) in [4.78, 5) is 0. The van der Waals surface area contributed by atoms with E-state index in [2.05, 4.69) is 0 Å². The van der Waals surface area contributed by atoms with Crippen molar-refractivity contribution in [2.75, 3.05) is 13.2 Å². The van der Waals surface area contributed by atoms with Gasteiger partial charge in [0.05, 0.1) is 13.2 Å². The molecule has 0 aromatic carbocycles. The van der Waals surface area contributed by atoms with Gasteiger partial charge in [0.25, 0.3) is 0 Å². The van der Waals surface area contributed by atoms with Crippen molar-refractivity contribution in [3.05, 3.63) is 5.86 Å². The summed E-state index contributed by atoms with van der Waals surface area (Å²) in [5, 5.41) is 0. The molecule has 0 saturated carbocycles. The molecule has 0 aromatic rings. The fourth-order valence-electron chi connectivity index (χ4n) is 0.588. The van der Waals surface area contributed by atoms with Gasteiger partial charge < -0.3 is 21.1 Å². The van der Waals surface area contributed by atoms with Crippen LogP contribution in [0.1, 0.15) is 7.79 Å². The first kappa shape index (κ1) is 7.91. The number of hydrogen-bond acceptors (Lipinski definition) is 2. The van der Waals surface area contributed by atoms with Crippen molar-refractivity contribution in [2.24, 2.45) is 0 Å². The molecular formula is C5H8ClLiO2. The number of rotatable bonds is 2. The third-order valence-electron chi connectivity index (χ3n) is 0.935. The molecule has 0 aliphatic carbocycles. The van der Waals surface area contributed by atoms with E-state index >= 15 is 0 Å². The topological polar surface area (TPSA) is 18.5 Å². The Hall–Kier alpha value is 0.807. The molecule has 9 heavy (non-hydrogen) atoms. The number of hydrogen-bond donors (Lipinski definition) is 0. The van der Waals surface area contributed by atoms with Crippen LogP contribution in [0.15, 0.2) is 0 Å². The van der Waals surface area contributed by atoms with Gasteiger partial charge in [-0.05, 0) is 0 Å². The Morgan fingerprint density at radius 2 is 2.22 bits per heavy atom. The quantitative estimate of drug-likeness (QED) is 0.334. The first-order chi connectivity index (χ1) is 4.29. The molecule has 1 aliphatic heterocycles. The van der Waals surface area contributed by atoms with E-state index in [0.29, 0.717) is 19.6 Å². The molecule has 1 aliphatic rings. The van der Waals surface area contributed by atoms with Gasteiger partial charge in [-0.2, -0.15) is 1.37 Å². The SMILES string of the molecule is [2H][C-](Cl)CC1OCCO1.[Li+]. The van der Waals surface area contributed by atoms with E-state index in [9.17, 15) is 0 Å². The molecule has 0 radical (unpaired) electrons. The molecule has 2 nitrogen and oxygen atoms in total. The molecule has 0 spiro atoms. The second-order valence-electron chi connectivity index (χ2n) is 1.51. The normalized spacial score (nSPS) is 21.8. The molecule has 4 heteroatoms. The summed E-state index contributed by atoms with van der Waals surface area (Å²) in [5.74, 6) is 0.0851. The van der Waals surface area contributed by atoms with Gasteiger partial charge in [-0.25, -0.2) is 5.86 Å². The van der Waals surface area contributed by atoms with Gasteiger partial charge in [0, 0.05) is 0 Å². The van der Waals surface area contributed by atoms with Crippen molar-refractivity contribution < 1.29 is 29.7 Å². The minimum atomic E-state index is -0.269. The van der Waals surface area contributed by atoms with Gasteiger partial charge in [0.15, 0.2) is 0 Å². The van der Waals surface area contributed by atoms with E-state index < -0.39 is 0 Å². The molecule has 0 atom stereocenters. The molecule has 1 saturated heterocycles. The predicted octanol–water partition coefficient (Wildman–Crippen LogP) is -1.85. The van der Waals surface area contributed by atoms with Gasteiger partial charge in [0.2, 0.25) is 0 Å². The Morgan fingerprint density at radius 3 is 2.67 bits per heavy atom. The van der Waals surface area contributed by atoms with Gasteiger partial charge in [0.1, 0.15) is 6.29 Å². The standard InChI is InChI=1S/C5H8ClO2.Li/c6-2-1-5-7-3-4-8-5;/h2,5H,1,3-4H2;/q-1;+1/i2D;. The molecule has 1 fully saturated rings. The van der Waals surface area contributed by atoms with Crippen LogP contribution in [-0.4, -0.2) is 19.5 Å². The van der Waals surface area contributed by atoms with Crippen LogP contribution in [0.3, 0.4) is 0 Å². The van der Waals surface area contributed by atoms with Crippen LogP contribution in [0.25, 0.3) is 0 Å². The molecule has 0 aromatic heterocycles. The summed E-state index contributed by atoms with van der Waals surface area (Å²) in [6.07, 6.45) is 0.108. The Morgan fingerprint density at radius 1 is 1.67 bits per heavy atom. The van der Waals surface area contributed by atoms with E-state index in [0.717, 1.165) is 0 Å². The number of ether oxygens (including phenoxy) is 2. The summed E-state index contributed by atoms with van der Waals surface area (Å²) in [6, 6.07) is 0. The first-order valence-corrected chi connectivity index (χ1v) is 2.88. The predicted molar refractivity (Wildman–Crippen MR) is 30.5 cm³/mol. The van der Waals surface area contributed by atoms with E-state index in [4.69, 9.17) is 22.4 Å². The van der Waals surface area contributed by atoms with Crippen LogP contribution < -0.4 is 18.9 Å². The molecular weight excluding hydrogens is 134 g/mol. The van der Waals surface area contributed by atoms with Crippen LogP contribution in [0.5, 0.6) is 0 Å². The van der Waals surface area contributed by atoms with E-state index in [1.165, 1.54) is 0 Å². The van der Waals surface area contributed by atoms with Crippen molar-refractivity contribution in [2.45, 2.75) is 12.7 Å². The van der Waals surface area contributed by atoms with Crippen molar-refractivity contribution >= 4 is 11.6 Å². The zero-order valence-electron chi connectivity index (χ0n) is 6.39. The van der Waals surface area contributed by atoms with Crippen molar-refractivity contribution in [3.63, 3.8) is 0 Å². The van der Waals surface area contributed by atoms with Crippen LogP contribution >= 0.6 is 11.6 Å². The second-order valence-corrected chi connectivity index (χ2v) is 1.78. The number of halogens is 1. The van der Waals surface area contributed by atoms with Crippen molar-refractivity contribution in [1.29, 1.82) is 0 Å². The maximum Gasteiger partial charge on any atom is 1.00 e. The van der Waals surface area contributed by atoms with E-state index in [-0.39, 0.29) is 31.0 Å². The molecule has 0 N–H and O–H groups in total. The second kappa shape index (κ2) is 5.58. The van der Waals surface area contributed by atoms with Crippen LogP contribution in [0.4, 0.5) is 0 Å². The summed E-state index contributed by atoms with van der Waals surface area (Å²) in [5.41, 5.74) is 0. The fraction of sp³-hybridized carbons (Fsp3) is 0.800. The molecule has 48 valence electrons. The van der Waals surface area contributed by atoms with Gasteiger partial charge in [-0.3, -0.25) is 0 Å². The molecule has 1 heterocycles. The average Bonchev–Trinajstić information content (AvgIpc) is 2.15. The summed E-state index contributed by atoms with van der Waals surface area (Å²) in [6.45, 7) is 1.24.